The molecule has 106 valence electrons. The van der Waals surface area contributed by atoms with Crippen LogP contribution in [0.4, 0.5) is 11.8 Å². The molecule has 0 amide bonds. The number of ether oxygens (including phenoxy) is 1. The molecule has 0 radical (unpaired) electrons. The third-order valence-electron chi connectivity index (χ3n) is 3.17. The Morgan fingerprint density at radius 2 is 2.32 bits per heavy atom. The molecule has 1 atom stereocenters. The second kappa shape index (κ2) is 6.16. The van der Waals surface area contributed by atoms with Gasteiger partial charge in [0.2, 0.25) is 5.95 Å². The predicted octanol–water partition coefficient (Wildman–Crippen LogP) is 1.17. The standard InChI is InChI=1S/C13H22N4O2/c1-3-5-14-12-15-7-10(2)11(17-12)16-8-13(18)4-6-19-9-13/h7,18H,3-6,8-9H2,1-2H3,(H2,14,15,16,17). The van der Waals surface area contributed by atoms with Crippen LogP contribution in [0.15, 0.2) is 6.20 Å². The summed E-state index contributed by atoms with van der Waals surface area (Å²) in [5.74, 6) is 1.37. The maximum Gasteiger partial charge on any atom is 0.224 e. The Morgan fingerprint density at radius 1 is 1.47 bits per heavy atom. The van der Waals surface area contributed by atoms with Crippen LogP contribution in [-0.4, -0.2) is 47.0 Å². The van der Waals surface area contributed by atoms with Gasteiger partial charge in [-0.15, -0.1) is 0 Å². The summed E-state index contributed by atoms with van der Waals surface area (Å²) in [4.78, 5) is 8.64. The third-order valence-corrected chi connectivity index (χ3v) is 3.17. The third kappa shape index (κ3) is 3.78. The van der Waals surface area contributed by atoms with Crippen molar-refractivity contribution in [3.05, 3.63) is 11.8 Å². The molecule has 1 aromatic rings. The van der Waals surface area contributed by atoms with Crippen molar-refractivity contribution in [2.45, 2.75) is 32.3 Å². The Balaban J connectivity index is 1.98. The summed E-state index contributed by atoms with van der Waals surface area (Å²) in [6.07, 6.45) is 3.46. The zero-order valence-electron chi connectivity index (χ0n) is 11.6. The molecule has 3 N–H and O–H groups in total. The molecule has 0 bridgehead atoms. The fourth-order valence-electron chi connectivity index (χ4n) is 1.93. The second-order valence-electron chi connectivity index (χ2n) is 5.03. The van der Waals surface area contributed by atoms with E-state index in [-0.39, 0.29) is 0 Å². The minimum absolute atomic E-state index is 0.380. The lowest BCUT2D eigenvalue weighted by Gasteiger charge is -2.21. The first kappa shape index (κ1) is 14.0. The number of nitrogens with zero attached hydrogens (tertiary/aromatic N) is 2. The maximum absolute atomic E-state index is 10.2. The summed E-state index contributed by atoms with van der Waals surface area (Å²) < 4.78 is 5.22. The number of aryl methyl sites for hydroxylation is 1. The van der Waals surface area contributed by atoms with Crippen LogP contribution < -0.4 is 10.6 Å². The van der Waals surface area contributed by atoms with Crippen molar-refractivity contribution in [1.82, 2.24) is 9.97 Å². The highest BCUT2D eigenvalue weighted by molar-refractivity contribution is 5.46. The number of hydrogen-bond donors (Lipinski definition) is 3. The van der Waals surface area contributed by atoms with E-state index in [9.17, 15) is 5.11 Å². The maximum atomic E-state index is 10.2. The van der Waals surface area contributed by atoms with Gasteiger partial charge in [-0.3, -0.25) is 0 Å². The van der Waals surface area contributed by atoms with Crippen molar-refractivity contribution in [2.75, 3.05) is 36.9 Å². The summed E-state index contributed by atoms with van der Waals surface area (Å²) in [7, 11) is 0. The van der Waals surface area contributed by atoms with Crippen molar-refractivity contribution >= 4 is 11.8 Å². The van der Waals surface area contributed by atoms with Crippen molar-refractivity contribution < 1.29 is 9.84 Å². The number of aliphatic hydroxyl groups is 1. The zero-order valence-corrected chi connectivity index (χ0v) is 11.6. The van der Waals surface area contributed by atoms with Gasteiger partial charge in [-0.1, -0.05) is 6.92 Å². The molecule has 0 saturated carbocycles. The van der Waals surface area contributed by atoms with Gasteiger partial charge in [-0.25, -0.2) is 4.98 Å². The quantitative estimate of drug-likeness (QED) is 0.717. The van der Waals surface area contributed by atoms with Gasteiger partial charge in [-0.05, 0) is 13.3 Å². The molecule has 0 aromatic carbocycles. The lowest BCUT2D eigenvalue weighted by molar-refractivity contribution is 0.0381. The van der Waals surface area contributed by atoms with Gasteiger partial charge < -0.3 is 20.5 Å². The first-order chi connectivity index (χ1) is 9.13. The molecule has 19 heavy (non-hydrogen) atoms. The summed E-state index contributed by atoms with van der Waals surface area (Å²) in [5, 5.41) is 16.5. The molecule has 1 fully saturated rings. The topological polar surface area (TPSA) is 79.3 Å². The summed E-state index contributed by atoms with van der Waals surface area (Å²) in [6.45, 7) is 6.32. The SMILES string of the molecule is CCCNc1ncc(C)c(NCC2(O)CCOC2)n1. The van der Waals surface area contributed by atoms with E-state index in [0.29, 0.717) is 32.1 Å². The molecule has 2 rings (SSSR count). The van der Waals surface area contributed by atoms with Crippen LogP contribution in [0.2, 0.25) is 0 Å². The van der Waals surface area contributed by atoms with Gasteiger partial charge in [0, 0.05) is 37.9 Å². The largest absolute Gasteiger partial charge is 0.386 e. The lowest BCUT2D eigenvalue weighted by atomic mass is 10.0. The Hall–Kier alpha value is -1.40. The highest BCUT2D eigenvalue weighted by atomic mass is 16.5. The van der Waals surface area contributed by atoms with Crippen LogP contribution in [0.3, 0.4) is 0 Å². The van der Waals surface area contributed by atoms with Crippen molar-refractivity contribution in [2.24, 2.45) is 0 Å². The Morgan fingerprint density at radius 3 is 3.00 bits per heavy atom. The number of nitrogens with one attached hydrogen (secondary N) is 2. The van der Waals surface area contributed by atoms with E-state index in [4.69, 9.17) is 4.74 Å². The molecule has 1 saturated heterocycles. The Labute approximate surface area is 113 Å². The van der Waals surface area contributed by atoms with E-state index in [1.54, 1.807) is 6.20 Å². The number of anilines is 2. The van der Waals surface area contributed by atoms with Gasteiger partial charge in [0.15, 0.2) is 0 Å². The summed E-state index contributed by atoms with van der Waals surface area (Å²) in [5.41, 5.74) is 0.179. The van der Waals surface area contributed by atoms with Gasteiger partial charge in [-0.2, -0.15) is 4.98 Å². The van der Waals surface area contributed by atoms with Gasteiger partial charge in [0.1, 0.15) is 11.4 Å². The predicted molar refractivity (Wildman–Crippen MR) is 74.4 cm³/mol. The Kier molecular flexibility index (Phi) is 4.55. The van der Waals surface area contributed by atoms with E-state index in [0.717, 1.165) is 24.3 Å². The molecule has 1 unspecified atom stereocenters. The van der Waals surface area contributed by atoms with E-state index < -0.39 is 5.60 Å². The number of hydrogen-bond acceptors (Lipinski definition) is 6. The Bertz CT molecular complexity index is 419. The van der Waals surface area contributed by atoms with Crippen LogP contribution in [0, 0.1) is 6.92 Å². The second-order valence-corrected chi connectivity index (χ2v) is 5.03. The van der Waals surface area contributed by atoms with Crippen LogP contribution >= 0.6 is 0 Å². The molecule has 6 nitrogen and oxygen atoms in total. The molecular weight excluding hydrogens is 244 g/mol. The highest BCUT2D eigenvalue weighted by Gasteiger charge is 2.32. The molecule has 2 heterocycles. The van der Waals surface area contributed by atoms with Crippen LogP contribution in [0.1, 0.15) is 25.3 Å². The van der Waals surface area contributed by atoms with Crippen molar-refractivity contribution in [3.8, 4) is 0 Å². The minimum Gasteiger partial charge on any atom is -0.386 e. The normalized spacial score (nSPS) is 22.5. The molecule has 1 aromatic heterocycles. The minimum atomic E-state index is -0.783. The van der Waals surface area contributed by atoms with Crippen LogP contribution in [0.5, 0.6) is 0 Å². The molecule has 0 spiro atoms. The van der Waals surface area contributed by atoms with Gasteiger partial charge in [0.25, 0.3) is 0 Å². The monoisotopic (exact) mass is 266 g/mol. The summed E-state index contributed by atoms with van der Waals surface area (Å²) >= 11 is 0. The number of rotatable bonds is 6. The van der Waals surface area contributed by atoms with Crippen LogP contribution in [-0.2, 0) is 4.74 Å². The number of aromatic nitrogens is 2. The molecule has 1 aliphatic rings. The van der Waals surface area contributed by atoms with E-state index in [1.807, 2.05) is 6.92 Å². The van der Waals surface area contributed by atoms with Crippen molar-refractivity contribution in [1.29, 1.82) is 0 Å². The van der Waals surface area contributed by atoms with Crippen molar-refractivity contribution in [3.63, 3.8) is 0 Å². The highest BCUT2D eigenvalue weighted by Crippen LogP contribution is 2.20. The van der Waals surface area contributed by atoms with Crippen LogP contribution in [0.25, 0.3) is 0 Å². The fraction of sp³-hybridized carbons (Fsp3) is 0.692. The van der Waals surface area contributed by atoms with Gasteiger partial charge in [0.05, 0.1) is 6.61 Å². The molecule has 1 aliphatic heterocycles. The smallest absolute Gasteiger partial charge is 0.224 e. The van der Waals surface area contributed by atoms with E-state index in [1.165, 1.54) is 0 Å². The van der Waals surface area contributed by atoms with E-state index >= 15 is 0 Å². The molecular formula is C13H22N4O2. The molecule has 6 heteroatoms. The zero-order chi connectivity index (χ0) is 13.7. The average molecular weight is 266 g/mol. The van der Waals surface area contributed by atoms with E-state index in [2.05, 4.69) is 27.5 Å². The first-order valence-electron chi connectivity index (χ1n) is 6.74. The fourth-order valence-corrected chi connectivity index (χ4v) is 1.93. The average Bonchev–Trinajstić information content (AvgIpc) is 2.84. The lowest BCUT2D eigenvalue weighted by Crippen LogP contribution is -2.37. The molecule has 0 aliphatic carbocycles. The summed E-state index contributed by atoms with van der Waals surface area (Å²) in [6, 6.07) is 0. The first-order valence-corrected chi connectivity index (χ1v) is 6.74. The van der Waals surface area contributed by atoms with Gasteiger partial charge >= 0.3 is 0 Å².